The summed E-state index contributed by atoms with van der Waals surface area (Å²) in [6.07, 6.45) is 4.89. The van der Waals surface area contributed by atoms with E-state index in [9.17, 15) is 0 Å². The second-order valence-electron chi connectivity index (χ2n) is 5.89. The SMILES string of the molecule is CCCC1CC(CN)(N(C)CCN(C)C)CCO1. The Morgan fingerprint density at radius 1 is 1.28 bits per heavy atom. The molecule has 4 heteroatoms. The zero-order valence-electron chi connectivity index (χ0n) is 12.6. The van der Waals surface area contributed by atoms with Crippen LogP contribution in [0.1, 0.15) is 32.6 Å². The van der Waals surface area contributed by atoms with Gasteiger partial charge in [-0.2, -0.15) is 0 Å². The van der Waals surface area contributed by atoms with Gasteiger partial charge in [0.15, 0.2) is 0 Å². The number of likely N-dealkylation sites (N-methyl/N-ethyl adjacent to an activating group) is 2. The summed E-state index contributed by atoms with van der Waals surface area (Å²) in [7, 11) is 6.45. The minimum atomic E-state index is 0.147. The Morgan fingerprint density at radius 3 is 2.56 bits per heavy atom. The molecular formula is C14H31N3O. The Hall–Kier alpha value is -0.160. The van der Waals surface area contributed by atoms with Crippen LogP contribution in [0.2, 0.25) is 0 Å². The normalized spacial score (nSPS) is 29.2. The summed E-state index contributed by atoms with van der Waals surface area (Å²) in [4.78, 5) is 4.68. The zero-order chi connectivity index (χ0) is 13.6. The van der Waals surface area contributed by atoms with E-state index in [0.717, 1.165) is 45.5 Å². The van der Waals surface area contributed by atoms with Gasteiger partial charge >= 0.3 is 0 Å². The molecule has 0 aromatic rings. The molecule has 2 N–H and O–H groups in total. The molecule has 0 amide bonds. The van der Waals surface area contributed by atoms with E-state index in [1.54, 1.807) is 0 Å². The largest absolute Gasteiger partial charge is 0.378 e. The summed E-state index contributed by atoms with van der Waals surface area (Å²) >= 11 is 0. The molecule has 0 bridgehead atoms. The third kappa shape index (κ3) is 4.19. The van der Waals surface area contributed by atoms with E-state index in [4.69, 9.17) is 10.5 Å². The van der Waals surface area contributed by atoms with Crippen LogP contribution < -0.4 is 5.73 Å². The molecule has 0 aromatic heterocycles. The Kier molecular flexibility index (Phi) is 6.57. The molecule has 1 rings (SSSR count). The van der Waals surface area contributed by atoms with E-state index in [2.05, 4.69) is 37.9 Å². The molecule has 18 heavy (non-hydrogen) atoms. The van der Waals surface area contributed by atoms with Crippen molar-refractivity contribution in [1.82, 2.24) is 9.80 Å². The van der Waals surface area contributed by atoms with Crippen LogP contribution in [0.4, 0.5) is 0 Å². The Balaban J connectivity index is 2.59. The van der Waals surface area contributed by atoms with E-state index >= 15 is 0 Å². The monoisotopic (exact) mass is 257 g/mol. The molecule has 2 atom stereocenters. The van der Waals surface area contributed by atoms with Gasteiger partial charge in [0, 0.05) is 31.8 Å². The van der Waals surface area contributed by atoms with Gasteiger partial charge in [-0.05, 0) is 40.4 Å². The van der Waals surface area contributed by atoms with Crippen molar-refractivity contribution in [2.45, 2.75) is 44.2 Å². The molecule has 1 saturated heterocycles. The highest BCUT2D eigenvalue weighted by Crippen LogP contribution is 2.30. The van der Waals surface area contributed by atoms with Crippen molar-refractivity contribution in [2.24, 2.45) is 5.73 Å². The average molecular weight is 257 g/mol. The summed E-state index contributed by atoms with van der Waals surface area (Å²) < 4.78 is 5.86. The van der Waals surface area contributed by atoms with Crippen molar-refractivity contribution < 1.29 is 4.74 Å². The fraction of sp³-hybridized carbons (Fsp3) is 1.00. The summed E-state index contributed by atoms with van der Waals surface area (Å²) in [5.41, 5.74) is 6.24. The molecule has 0 radical (unpaired) electrons. The fourth-order valence-corrected chi connectivity index (χ4v) is 2.78. The first-order valence-electron chi connectivity index (χ1n) is 7.21. The number of hydrogen-bond donors (Lipinski definition) is 1. The molecule has 1 fully saturated rings. The molecule has 1 aliphatic rings. The third-order valence-electron chi connectivity index (χ3n) is 4.21. The first-order valence-corrected chi connectivity index (χ1v) is 7.21. The van der Waals surface area contributed by atoms with Gasteiger partial charge in [0.1, 0.15) is 0 Å². The molecule has 0 aromatic carbocycles. The minimum Gasteiger partial charge on any atom is -0.378 e. The second kappa shape index (κ2) is 7.43. The highest BCUT2D eigenvalue weighted by molar-refractivity contribution is 4.95. The topological polar surface area (TPSA) is 41.7 Å². The average Bonchev–Trinajstić information content (AvgIpc) is 2.36. The van der Waals surface area contributed by atoms with Crippen LogP contribution in [0.5, 0.6) is 0 Å². The molecule has 1 heterocycles. The molecule has 1 aliphatic heterocycles. The summed E-state index contributed by atoms with van der Waals surface area (Å²) in [6.45, 7) is 5.97. The Bertz CT molecular complexity index is 233. The van der Waals surface area contributed by atoms with Gasteiger partial charge in [-0.15, -0.1) is 0 Å². The van der Waals surface area contributed by atoms with Crippen molar-refractivity contribution in [3.8, 4) is 0 Å². The van der Waals surface area contributed by atoms with Crippen LogP contribution in [0.3, 0.4) is 0 Å². The lowest BCUT2D eigenvalue weighted by Crippen LogP contribution is -2.58. The summed E-state index contributed by atoms with van der Waals surface area (Å²) in [5.74, 6) is 0. The predicted octanol–water partition coefficient (Wildman–Crippen LogP) is 1.16. The van der Waals surface area contributed by atoms with Crippen molar-refractivity contribution in [3.63, 3.8) is 0 Å². The maximum atomic E-state index is 6.09. The first kappa shape index (κ1) is 15.9. The van der Waals surface area contributed by atoms with Crippen LogP contribution in [-0.4, -0.2) is 68.8 Å². The van der Waals surface area contributed by atoms with Gasteiger partial charge in [-0.1, -0.05) is 13.3 Å². The van der Waals surface area contributed by atoms with Gasteiger partial charge in [0.25, 0.3) is 0 Å². The van der Waals surface area contributed by atoms with Crippen molar-refractivity contribution in [1.29, 1.82) is 0 Å². The quantitative estimate of drug-likeness (QED) is 0.743. The minimum absolute atomic E-state index is 0.147. The number of nitrogens with two attached hydrogens (primary N) is 1. The highest BCUT2D eigenvalue weighted by Gasteiger charge is 2.38. The second-order valence-corrected chi connectivity index (χ2v) is 5.89. The number of rotatable bonds is 7. The predicted molar refractivity (Wildman–Crippen MR) is 76.9 cm³/mol. The van der Waals surface area contributed by atoms with Gasteiger partial charge in [-0.3, -0.25) is 4.90 Å². The van der Waals surface area contributed by atoms with Crippen molar-refractivity contribution in [3.05, 3.63) is 0 Å². The van der Waals surface area contributed by atoms with Crippen LogP contribution in [0.15, 0.2) is 0 Å². The van der Waals surface area contributed by atoms with E-state index in [-0.39, 0.29) is 5.54 Å². The zero-order valence-corrected chi connectivity index (χ0v) is 12.6. The van der Waals surface area contributed by atoms with Gasteiger partial charge in [0.2, 0.25) is 0 Å². The standard InChI is InChI=1S/C14H31N3O/c1-5-6-13-11-14(12-15,7-10-18-13)17(4)9-8-16(2)3/h13H,5-12,15H2,1-4H3. The maximum absolute atomic E-state index is 6.09. The molecule has 2 unspecified atom stereocenters. The third-order valence-corrected chi connectivity index (χ3v) is 4.21. The van der Waals surface area contributed by atoms with E-state index in [1.807, 2.05) is 0 Å². The number of nitrogens with zero attached hydrogens (tertiary/aromatic N) is 2. The molecule has 0 spiro atoms. The Morgan fingerprint density at radius 2 is 2.00 bits per heavy atom. The van der Waals surface area contributed by atoms with Crippen molar-refractivity contribution in [2.75, 3.05) is 47.4 Å². The fourth-order valence-electron chi connectivity index (χ4n) is 2.78. The van der Waals surface area contributed by atoms with Crippen LogP contribution in [0.25, 0.3) is 0 Å². The van der Waals surface area contributed by atoms with Gasteiger partial charge < -0.3 is 15.4 Å². The summed E-state index contributed by atoms with van der Waals surface area (Å²) in [6, 6.07) is 0. The molecule has 108 valence electrons. The number of ether oxygens (including phenoxy) is 1. The lowest BCUT2D eigenvalue weighted by atomic mass is 9.84. The smallest absolute Gasteiger partial charge is 0.0593 e. The molecular weight excluding hydrogens is 226 g/mol. The molecule has 4 nitrogen and oxygen atoms in total. The Labute approximate surface area is 112 Å². The van der Waals surface area contributed by atoms with Crippen LogP contribution in [0, 0.1) is 0 Å². The molecule has 0 aliphatic carbocycles. The number of hydrogen-bond acceptors (Lipinski definition) is 4. The van der Waals surface area contributed by atoms with Crippen LogP contribution >= 0.6 is 0 Å². The van der Waals surface area contributed by atoms with E-state index in [1.165, 1.54) is 6.42 Å². The maximum Gasteiger partial charge on any atom is 0.0593 e. The van der Waals surface area contributed by atoms with Gasteiger partial charge in [-0.25, -0.2) is 0 Å². The first-order chi connectivity index (χ1) is 8.54. The highest BCUT2D eigenvalue weighted by atomic mass is 16.5. The lowest BCUT2D eigenvalue weighted by Gasteiger charge is -2.47. The van der Waals surface area contributed by atoms with E-state index in [0.29, 0.717) is 6.10 Å². The van der Waals surface area contributed by atoms with E-state index < -0.39 is 0 Å². The lowest BCUT2D eigenvalue weighted by molar-refractivity contribution is -0.0675. The van der Waals surface area contributed by atoms with Gasteiger partial charge in [0.05, 0.1) is 6.10 Å². The molecule has 0 saturated carbocycles. The van der Waals surface area contributed by atoms with Crippen LogP contribution in [-0.2, 0) is 4.74 Å². The van der Waals surface area contributed by atoms with Crippen molar-refractivity contribution >= 4 is 0 Å². The summed E-state index contributed by atoms with van der Waals surface area (Å²) in [5, 5.41) is 0.